The summed E-state index contributed by atoms with van der Waals surface area (Å²) in [6.45, 7) is 0. The lowest BCUT2D eigenvalue weighted by molar-refractivity contribution is 0.112. The largest absolute Gasteiger partial charge is 0.297 e. The molecule has 0 aromatic carbocycles. The number of aromatic nitrogens is 1. The van der Waals surface area contributed by atoms with Gasteiger partial charge < -0.3 is 0 Å². The van der Waals surface area contributed by atoms with Crippen molar-refractivity contribution in [1.29, 1.82) is 0 Å². The molecule has 0 amide bonds. The molecular weight excluding hydrogens is 250 g/mol. The number of nitrogens with zero attached hydrogens (tertiary/aromatic N) is 1. The van der Waals surface area contributed by atoms with Gasteiger partial charge >= 0.3 is 0 Å². The van der Waals surface area contributed by atoms with Crippen molar-refractivity contribution in [2.75, 3.05) is 0 Å². The van der Waals surface area contributed by atoms with E-state index in [1.165, 1.54) is 30.6 Å². The smallest absolute Gasteiger partial charge is 0.161 e. The third-order valence-electron chi connectivity index (χ3n) is 2.46. The molecule has 0 radical (unpaired) electrons. The van der Waals surface area contributed by atoms with Crippen LogP contribution in [0.5, 0.6) is 0 Å². The highest BCUT2D eigenvalue weighted by atomic mass is 79.9. The zero-order valence-corrected chi connectivity index (χ0v) is 9.47. The van der Waals surface area contributed by atoms with E-state index in [1.807, 2.05) is 0 Å². The Balaban J connectivity index is 2.09. The molecule has 1 atom stereocenters. The minimum absolute atomic E-state index is 0.361. The van der Waals surface area contributed by atoms with E-state index in [9.17, 15) is 4.79 Å². The molecule has 0 aliphatic heterocycles. The lowest BCUT2D eigenvalue weighted by Gasteiger charge is -2.28. The monoisotopic (exact) mass is 259 g/mol. The number of rotatable bonds is 3. The van der Waals surface area contributed by atoms with Crippen LogP contribution in [0.25, 0.3) is 0 Å². The summed E-state index contributed by atoms with van der Waals surface area (Å²) in [5.74, 6) is 0.727. The van der Waals surface area contributed by atoms with E-state index < -0.39 is 0 Å². The molecular formula is C9H10BrNOS. The van der Waals surface area contributed by atoms with Crippen LogP contribution in [0.1, 0.15) is 38.8 Å². The first-order chi connectivity index (χ1) is 6.31. The summed E-state index contributed by atoms with van der Waals surface area (Å²) in [4.78, 5) is 15.8. The van der Waals surface area contributed by atoms with Crippen LogP contribution < -0.4 is 0 Å². The third-order valence-corrected chi connectivity index (χ3v) is 4.95. The van der Waals surface area contributed by atoms with Crippen LogP contribution in [-0.4, -0.2) is 11.3 Å². The minimum atomic E-state index is 0.361. The molecule has 1 aromatic heterocycles. The third kappa shape index (κ3) is 1.83. The average molecular weight is 260 g/mol. The molecule has 1 aromatic rings. The van der Waals surface area contributed by atoms with Crippen molar-refractivity contribution in [2.45, 2.75) is 24.1 Å². The SMILES string of the molecule is O=Cc1cnc(C(Br)C2CCC2)s1. The van der Waals surface area contributed by atoms with E-state index in [1.54, 1.807) is 6.20 Å². The van der Waals surface area contributed by atoms with E-state index in [0.29, 0.717) is 4.83 Å². The Morgan fingerprint density at radius 3 is 2.92 bits per heavy atom. The predicted molar refractivity (Wildman–Crippen MR) is 56.5 cm³/mol. The number of aldehydes is 1. The van der Waals surface area contributed by atoms with Gasteiger partial charge in [-0.15, -0.1) is 11.3 Å². The van der Waals surface area contributed by atoms with Crippen LogP contribution in [0.2, 0.25) is 0 Å². The van der Waals surface area contributed by atoms with E-state index in [-0.39, 0.29) is 0 Å². The number of carbonyl (C=O) groups excluding carboxylic acids is 1. The molecule has 1 heterocycles. The molecule has 0 bridgehead atoms. The van der Waals surface area contributed by atoms with E-state index in [0.717, 1.165) is 22.1 Å². The predicted octanol–water partition coefficient (Wildman–Crippen LogP) is 3.19. The van der Waals surface area contributed by atoms with Crippen LogP contribution >= 0.6 is 27.3 Å². The highest BCUT2D eigenvalue weighted by Crippen LogP contribution is 2.43. The molecule has 13 heavy (non-hydrogen) atoms. The van der Waals surface area contributed by atoms with Crippen molar-refractivity contribution in [3.05, 3.63) is 16.1 Å². The van der Waals surface area contributed by atoms with Gasteiger partial charge in [0, 0.05) is 6.20 Å². The van der Waals surface area contributed by atoms with Gasteiger partial charge in [-0.2, -0.15) is 0 Å². The summed E-state index contributed by atoms with van der Waals surface area (Å²) in [6.07, 6.45) is 6.41. The van der Waals surface area contributed by atoms with Crippen LogP contribution in [0.15, 0.2) is 6.20 Å². The van der Waals surface area contributed by atoms with Gasteiger partial charge in [0.25, 0.3) is 0 Å². The molecule has 2 nitrogen and oxygen atoms in total. The Labute approximate surface area is 89.5 Å². The summed E-state index contributed by atoms with van der Waals surface area (Å²) in [7, 11) is 0. The normalized spacial score (nSPS) is 19.5. The Bertz CT molecular complexity index is 308. The lowest BCUT2D eigenvalue weighted by atomic mass is 9.83. The second-order valence-corrected chi connectivity index (χ2v) is 5.39. The maximum atomic E-state index is 10.5. The maximum absolute atomic E-state index is 10.5. The van der Waals surface area contributed by atoms with Gasteiger partial charge in [0.05, 0.1) is 9.70 Å². The van der Waals surface area contributed by atoms with Gasteiger partial charge in [0.15, 0.2) is 6.29 Å². The number of hydrogen-bond donors (Lipinski definition) is 0. The number of hydrogen-bond acceptors (Lipinski definition) is 3. The zero-order chi connectivity index (χ0) is 9.26. The first kappa shape index (κ1) is 9.34. The Morgan fingerprint density at radius 2 is 2.46 bits per heavy atom. The molecule has 0 saturated heterocycles. The number of carbonyl (C=O) groups is 1. The molecule has 1 unspecified atom stereocenters. The quantitative estimate of drug-likeness (QED) is 0.617. The van der Waals surface area contributed by atoms with Crippen molar-refractivity contribution in [1.82, 2.24) is 4.98 Å². The van der Waals surface area contributed by atoms with E-state index >= 15 is 0 Å². The van der Waals surface area contributed by atoms with Crippen molar-refractivity contribution < 1.29 is 4.79 Å². The molecule has 0 spiro atoms. The lowest BCUT2D eigenvalue weighted by Crippen LogP contribution is -2.15. The summed E-state index contributed by atoms with van der Waals surface area (Å²) < 4.78 is 0. The molecule has 1 aliphatic carbocycles. The fraction of sp³-hybridized carbons (Fsp3) is 0.556. The number of thiazole rings is 1. The molecule has 1 fully saturated rings. The van der Waals surface area contributed by atoms with Gasteiger partial charge in [0.2, 0.25) is 0 Å². The number of halogens is 1. The molecule has 2 rings (SSSR count). The second kappa shape index (κ2) is 3.88. The Kier molecular flexibility index (Phi) is 2.79. The van der Waals surface area contributed by atoms with Gasteiger partial charge in [-0.1, -0.05) is 22.4 Å². The van der Waals surface area contributed by atoms with Gasteiger partial charge in [-0.25, -0.2) is 4.98 Å². The van der Waals surface area contributed by atoms with Gasteiger partial charge in [-0.05, 0) is 18.8 Å². The van der Waals surface area contributed by atoms with E-state index in [2.05, 4.69) is 20.9 Å². The fourth-order valence-corrected chi connectivity index (χ4v) is 3.15. The molecule has 1 aliphatic rings. The van der Waals surface area contributed by atoms with Crippen LogP contribution in [0.3, 0.4) is 0 Å². The van der Waals surface area contributed by atoms with Gasteiger partial charge in [0.1, 0.15) is 5.01 Å². The van der Waals surface area contributed by atoms with Crippen molar-refractivity contribution in [2.24, 2.45) is 5.92 Å². The first-order valence-corrected chi connectivity index (χ1v) is 6.09. The van der Waals surface area contributed by atoms with Crippen LogP contribution in [-0.2, 0) is 0 Å². The van der Waals surface area contributed by atoms with Crippen LogP contribution in [0.4, 0.5) is 0 Å². The Hall–Kier alpha value is -0.220. The first-order valence-electron chi connectivity index (χ1n) is 4.36. The van der Waals surface area contributed by atoms with E-state index in [4.69, 9.17) is 0 Å². The molecule has 4 heteroatoms. The summed E-state index contributed by atoms with van der Waals surface area (Å²) in [6, 6.07) is 0. The highest BCUT2D eigenvalue weighted by Gasteiger charge is 2.28. The van der Waals surface area contributed by atoms with Crippen LogP contribution in [0, 0.1) is 5.92 Å². The van der Waals surface area contributed by atoms with Crippen molar-refractivity contribution >= 4 is 33.6 Å². The molecule has 70 valence electrons. The molecule has 1 saturated carbocycles. The Morgan fingerprint density at radius 1 is 1.69 bits per heavy atom. The summed E-state index contributed by atoms with van der Waals surface area (Å²) in [5, 5.41) is 1.05. The number of alkyl halides is 1. The topological polar surface area (TPSA) is 30.0 Å². The van der Waals surface area contributed by atoms with Gasteiger partial charge in [-0.3, -0.25) is 4.79 Å². The minimum Gasteiger partial charge on any atom is -0.297 e. The maximum Gasteiger partial charge on any atom is 0.161 e. The second-order valence-electron chi connectivity index (χ2n) is 3.31. The van der Waals surface area contributed by atoms with Crippen molar-refractivity contribution in [3.8, 4) is 0 Å². The standard InChI is InChI=1S/C9H10BrNOS/c10-8(6-2-1-3-6)9-11-4-7(5-12)13-9/h4-6,8H,1-3H2. The summed E-state index contributed by atoms with van der Waals surface area (Å²) in [5.41, 5.74) is 0. The summed E-state index contributed by atoms with van der Waals surface area (Å²) >= 11 is 5.13. The fourth-order valence-electron chi connectivity index (χ4n) is 1.42. The van der Waals surface area contributed by atoms with Crippen molar-refractivity contribution in [3.63, 3.8) is 0 Å². The zero-order valence-electron chi connectivity index (χ0n) is 7.07. The average Bonchev–Trinajstić information content (AvgIpc) is 2.48. The molecule has 0 N–H and O–H groups in total. The highest BCUT2D eigenvalue weighted by molar-refractivity contribution is 9.09.